The summed E-state index contributed by atoms with van der Waals surface area (Å²) < 4.78 is 5.31. The van der Waals surface area contributed by atoms with Crippen molar-refractivity contribution in [1.82, 2.24) is 15.6 Å². The molecule has 3 N–H and O–H groups in total. The van der Waals surface area contributed by atoms with E-state index in [9.17, 15) is 9.59 Å². The lowest BCUT2D eigenvalue weighted by Gasteiger charge is -2.26. The van der Waals surface area contributed by atoms with Crippen LogP contribution in [-0.4, -0.2) is 35.2 Å². The predicted octanol–water partition coefficient (Wildman–Crippen LogP) is 3.94. The molecular weight excluding hydrogens is 354 g/mol. The van der Waals surface area contributed by atoms with Crippen LogP contribution in [0.1, 0.15) is 52.7 Å². The number of ether oxygens (including phenoxy) is 1. The van der Waals surface area contributed by atoms with Crippen molar-refractivity contribution < 1.29 is 14.3 Å². The maximum absolute atomic E-state index is 12.5. The van der Waals surface area contributed by atoms with Crippen molar-refractivity contribution in [3.05, 3.63) is 35.5 Å². The van der Waals surface area contributed by atoms with Gasteiger partial charge in [0, 0.05) is 23.6 Å². The standard InChI is InChI=1S/C22H33N3O3/c1-7-15-9-8-10-17-16(12-24-20(15)17)11-19(26)23-13-18(14(2)3)25-21(27)28-22(4,5)6/h8-10,12,14,18,24H,7,11,13H2,1-6H3,(H,23,26)(H,25,27). The van der Waals surface area contributed by atoms with Gasteiger partial charge in [-0.3, -0.25) is 4.79 Å². The SMILES string of the molecule is CCc1cccc2c(CC(=O)NCC(NC(=O)OC(C)(C)C)C(C)C)c[nH]c12. The summed E-state index contributed by atoms with van der Waals surface area (Å²) in [6.07, 6.45) is 2.67. The van der Waals surface area contributed by atoms with Gasteiger partial charge in [0.1, 0.15) is 5.60 Å². The average Bonchev–Trinajstić information content (AvgIpc) is 2.99. The van der Waals surface area contributed by atoms with Crippen LogP contribution in [0.5, 0.6) is 0 Å². The molecule has 1 aromatic carbocycles. The second kappa shape index (κ2) is 9.13. The molecule has 154 valence electrons. The third-order valence-electron chi connectivity index (χ3n) is 4.65. The summed E-state index contributed by atoms with van der Waals surface area (Å²) >= 11 is 0. The molecule has 0 spiro atoms. The number of alkyl carbamates (subject to hydrolysis) is 1. The molecule has 1 heterocycles. The number of H-pyrrole nitrogens is 1. The molecule has 0 aliphatic heterocycles. The fraction of sp³-hybridized carbons (Fsp3) is 0.545. The highest BCUT2D eigenvalue weighted by Crippen LogP contribution is 2.22. The van der Waals surface area contributed by atoms with Gasteiger partial charge in [-0.1, -0.05) is 39.0 Å². The molecule has 0 aliphatic carbocycles. The van der Waals surface area contributed by atoms with E-state index in [1.807, 2.05) is 52.9 Å². The Morgan fingerprint density at radius 1 is 1.18 bits per heavy atom. The number of benzene rings is 1. The van der Waals surface area contributed by atoms with Crippen LogP contribution in [0, 0.1) is 5.92 Å². The fourth-order valence-electron chi connectivity index (χ4n) is 3.09. The molecule has 2 aromatic rings. The zero-order valence-electron chi connectivity index (χ0n) is 17.8. The maximum atomic E-state index is 12.5. The first-order valence-electron chi connectivity index (χ1n) is 9.94. The van der Waals surface area contributed by atoms with E-state index in [4.69, 9.17) is 4.74 Å². The van der Waals surface area contributed by atoms with Gasteiger partial charge in [-0.25, -0.2) is 4.79 Å². The summed E-state index contributed by atoms with van der Waals surface area (Å²) in [7, 11) is 0. The Hall–Kier alpha value is -2.50. The number of carbonyl (C=O) groups excluding carboxylic acids is 2. The number of aromatic nitrogens is 1. The number of hydrogen-bond donors (Lipinski definition) is 3. The molecule has 0 aliphatic rings. The first-order chi connectivity index (χ1) is 13.1. The van der Waals surface area contributed by atoms with Gasteiger partial charge in [0.25, 0.3) is 0 Å². The fourth-order valence-corrected chi connectivity index (χ4v) is 3.09. The Kier molecular flexibility index (Phi) is 7.11. The molecule has 2 amide bonds. The van der Waals surface area contributed by atoms with Crippen molar-refractivity contribution in [2.45, 2.75) is 66.0 Å². The summed E-state index contributed by atoms with van der Waals surface area (Å²) in [5.74, 6) is 0.0902. The van der Waals surface area contributed by atoms with E-state index in [-0.39, 0.29) is 17.9 Å². The molecule has 1 aromatic heterocycles. The number of rotatable bonds is 7. The highest BCUT2D eigenvalue weighted by Gasteiger charge is 2.22. The molecule has 0 saturated heterocycles. The van der Waals surface area contributed by atoms with E-state index in [0.717, 1.165) is 22.9 Å². The van der Waals surface area contributed by atoms with Crippen molar-refractivity contribution in [3.8, 4) is 0 Å². The van der Waals surface area contributed by atoms with Gasteiger partial charge >= 0.3 is 6.09 Å². The molecule has 1 atom stereocenters. The van der Waals surface area contributed by atoms with Crippen LogP contribution in [0.25, 0.3) is 10.9 Å². The minimum atomic E-state index is -0.554. The van der Waals surface area contributed by atoms with Gasteiger partial charge in [0.15, 0.2) is 0 Å². The third kappa shape index (κ3) is 6.01. The second-order valence-electron chi connectivity index (χ2n) is 8.48. The highest BCUT2D eigenvalue weighted by atomic mass is 16.6. The molecule has 0 saturated carbocycles. The Labute approximate surface area is 167 Å². The number of nitrogens with one attached hydrogen (secondary N) is 3. The van der Waals surface area contributed by atoms with Gasteiger partial charge < -0.3 is 20.4 Å². The summed E-state index contributed by atoms with van der Waals surface area (Å²) in [4.78, 5) is 27.8. The van der Waals surface area contributed by atoms with E-state index in [0.29, 0.717) is 13.0 Å². The van der Waals surface area contributed by atoms with Gasteiger partial charge in [-0.2, -0.15) is 0 Å². The van der Waals surface area contributed by atoms with Crippen molar-refractivity contribution >= 4 is 22.9 Å². The van der Waals surface area contributed by atoms with E-state index in [1.165, 1.54) is 5.56 Å². The lowest BCUT2D eigenvalue weighted by atomic mass is 10.0. The number of amides is 2. The predicted molar refractivity (Wildman–Crippen MR) is 112 cm³/mol. The van der Waals surface area contributed by atoms with Gasteiger partial charge in [-0.05, 0) is 44.2 Å². The molecular formula is C22H33N3O3. The van der Waals surface area contributed by atoms with Gasteiger partial charge in [0.2, 0.25) is 5.91 Å². The van der Waals surface area contributed by atoms with Crippen molar-refractivity contribution in [1.29, 1.82) is 0 Å². The minimum absolute atomic E-state index is 0.0700. The summed E-state index contributed by atoms with van der Waals surface area (Å²) in [5.41, 5.74) is 2.76. The number of aromatic amines is 1. The summed E-state index contributed by atoms with van der Waals surface area (Å²) in [6.45, 7) is 11.9. The van der Waals surface area contributed by atoms with Gasteiger partial charge in [0.05, 0.1) is 12.5 Å². The van der Waals surface area contributed by atoms with Crippen LogP contribution < -0.4 is 10.6 Å². The topological polar surface area (TPSA) is 83.2 Å². The average molecular weight is 388 g/mol. The molecule has 28 heavy (non-hydrogen) atoms. The Balaban J connectivity index is 1.95. The van der Waals surface area contributed by atoms with Crippen LogP contribution in [0.3, 0.4) is 0 Å². The number of aryl methyl sites for hydroxylation is 1. The van der Waals surface area contributed by atoms with E-state index in [1.54, 1.807) is 0 Å². The first-order valence-corrected chi connectivity index (χ1v) is 9.94. The number of hydrogen-bond acceptors (Lipinski definition) is 3. The summed E-state index contributed by atoms with van der Waals surface area (Å²) in [6, 6.07) is 5.96. The lowest BCUT2D eigenvalue weighted by Crippen LogP contribution is -2.48. The largest absolute Gasteiger partial charge is 0.444 e. The third-order valence-corrected chi connectivity index (χ3v) is 4.65. The molecule has 0 fully saturated rings. The summed E-state index contributed by atoms with van der Waals surface area (Å²) in [5, 5.41) is 6.88. The van der Waals surface area contributed by atoms with Crippen molar-refractivity contribution in [2.24, 2.45) is 5.92 Å². The second-order valence-corrected chi connectivity index (χ2v) is 8.48. The molecule has 1 unspecified atom stereocenters. The number of fused-ring (bicyclic) bond motifs is 1. The lowest BCUT2D eigenvalue weighted by molar-refractivity contribution is -0.120. The molecule has 6 heteroatoms. The first kappa shape index (κ1) is 21.8. The normalized spacial score (nSPS) is 12.8. The molecule has 0 radical (unpaired) electrons. The van der Waals surface area contributed by atoms with Crippen LogP contribution in [0.2, 0.25) is 0 Å². The number of para-hydroxylation sites is 1. The molecule has 6 nitrogen and oxygen atoms in total. The monoisotopic (exact) mass is 387 g/mol. The van der Waals surface area contributed by atoms with Crippen LogP contribution in [0.4, 0.5) is 4.79 Å². The highest BCUT2D eigenvalue weighted by molar-refractivity contribution is 5.90. The quantitative estimate of drug-likeness (QED) is 0.673. The van der Waals surface area contributed by atoms with Crippen molar-refractivity contribution in [2.75, 3.05) is 6.54 Å². The van der Waals surface area contributed by atoms with Crippen LogP contribution in [0.15, 0.2) is 24.4 Å². The van der Waals surface area contributed by atoms with E-state index in [2.05, 4.69) is 28.6 Å². The Morgan fingerprint density at radius 2 is 1.89 bits per heavy atom. The minimum Gasteiger partial charge on any atom is -0.444 e. The van der Waals surface area contributed by atoms with Crippen molar-refractivity contribution in [3.63, 3.8) is 0 Å². The van der Waals surface area contributed by atoms with Crippen LogP contribution >= 0.6 is 0 Å². The zero-order valence-corrected chi connectivity index (χ0v) is 17.8. The van der Waals surface area contributed by atoms with E-state index < -0.39 is 11.7 Å². The molecule has 0 bridgehead atoms. The van der Waals surface area contributed by atoms with E-state index >= 15 is 0 Å². The van der Waals surface area contributed by atoms with Crippen LogP contribution in [-0.2, 0) is 22.4 Å². The smallest absolute Gasteiger partial charge is 0.407 e. The molecule has 2 rings (SSSR count). The Morgan fingerprint density at radius 3 is 2.50 bits per heavy atom. The number of carbonyl (C=O) groups is 2. The zero-order chi connectivity index (χ0) is 20.9. The van der Waals surface area contributed by atoms with Gasteiger partial charge in [-0.15, -0.1) is 0 Å². The Bertz CT molecular complexity index is 818. The maximum Gasteiger partial charge on any atom is 0.407 e.